The van der Waals surface area contributed by atoms with Crippen LogP contribution >= 0.6 is 0 Å². The van der Waals surface area contributed by atoms with Crippen LogP contribution in [0.5, 0.6) is 0 Å². The summed E-state index contributed by atoms with van der Waals surface area (Å²) in [6, 6.07) is 5.08. The van der Waals surface area contributed by atoms with Crippen LogP contribution in [0.2, 0.25) is 0 Å². The Bertz CT molecular complexity index is 579. The average Bonchev–Trinajstić information content (AvgIpc) is 2.27. The minimum atomic E-state index is -6.00. The number of halogens is 4. The molecule has 1 aromatic carbocycles. The van der Waals surface area contributed by atoms with Crippen LogP contribution in [0.4, 0.5) is 23.0 Å². The number of nitro groups is 1. The molecule has 0 unspecified atom stereocenters. The number of rotatable bonds is 1. The van der Waals surface area contributed by atoms with Gasteiger partial charge >= 0.3 is 7.25 Å². The molecule has 4 nitrogen and oxygen atoms in total. The lowest BCUT2D eigenvalue weighted by Crippen LogP contribution is -2.40. The van der Waals surface area contributed by atoms with Crippen molar-refractivity contribution < 1.29 is 26.8 Å². The number of fused-ring (bicyclic) bond motifs is 1. The fraction of sp³-hybridized carbons (Fsp3) is 0.417. The molecule has 0 spiro atoms. The third kappa shape index (κ3) is 5.16. The Hall–Kier alpha value is -1.93. The Morgan fingerprint density at radius 3 is 2.29 bits per heavy atom. The van der Waals surface area contributed by atoms with Gasteiger partial charge in [-0.1, -0.05) is 6.07 Å². The highest BCUT2D eigenvalue weighted by Crippen LogP contribution is 2.25. The van der Waals surface area contributed by atoms with Crippen LogP contribution in [-0.4, -0.2) is 35.6 Å². The monoisotopic (exact) mass is 306 g/mol. The third-order valence-electron chi connectivity index (χ3n) is 3.25. The molecule has 0 aliphatic carbocycles. The number of nitrogens with zero attached hydrogens (tertiary/aromatic N) is 2. The molecule has 21 heavy (non-hydrogen) atoms. The van der Waals surface area contributed by atoms with Crippen molar-refractivity contribution in [3.63, 3.8) is 0 Å². The van der Waals surface area contributed by atoms with E-state index in [2.05, 4.69) is 18.4 Å². The van der Waals surface area contributed by atoms with Gasteiger partial charge < -0.3 is 17.3 Å². The van der Waals surface area contributed by atoms with E-state index in [1.807, 2.05) is 19.3 Å². The molecule has 0 amide bonds. The van der Waals surface area contributed by atoms with Crippen molar-refractivity contribution in [3.05, 3.63) is 39.4 Å². The van der Waals surface area contributed by atoms with Crippen LogP contribution in [0.1, 0.15) is 25.0 Å². The summed E-state index contributed by atoms with van der Waals surface area (Å²) in [5.74, 6) is 0. The van der Waals surface area contributed by atoms with Gasteiger partial charge in [0.05, 0.1) is 4.92 Å². The second-order valence-corrected chi connectivity index (χ2v) is 5.36. The van der Waals surface area contributed by atoms with Crippen LogP contribution in [0.3, 0.4) is 0 Å². The molecule has 0 aromatic heterocycles. The van der Waals surface area contributed by atoms with E-state index in [4.69, 9.17) is 0 Å². The highest BCUT2D eigenvalue weighted by atomic mass is 19.5. The van der Waals surface area contributed by atoms with E-state index in [9.17, 15) is 27.4 Å². The van der Waals surface area contributed by atoms with Crippen LogP contribution in [-0.2, 0) is 6.42 Å². The summed E-state index contributed by atoms with van der Waals surface area (Å²) < 4.78 is 41.1. The van der Waals surface area contributed by atoms with E-state index >= 15 is 0 Å². The Kier molecular flexibility index (Phi) is 4.75. The first-order valence-electron chi connectivity index (χ1n) is 6.12. The van der Waals surface area contributed by atoms with Gasteiger partial charge in [0.1, 0.15) is 7.05 Å². The third-order valence-corrected chi connectivity index (χ3v) is 3.25. The van der Waals surface area contributed by atoms with Crippen molar-refractivity contribution in [3.8, 4) is 0 Å². The summed E-state index contributed by atoms with van der Waals surface area (Å²) in [5, 5.41) is 10.7. The normalized spacial score (nSPS) is 16.2. The van der Waals surface area contributed by atoms with Gasteiger partial charge in [-0.15, -0.1) is 0 Å². The van der Waals surface area contributed by atoms with Crippen molar-refractivity contribution in [2.24, 2.45) is 0 Å². The predicted molar refractivity (Wildman–Crippen MR) is 72.4 cm³/mol. The van der Waals surface area contributed by atoms with Crippen LogP contribution in [0.25, 0.3) is 0 Å². The van der Waals surface area contributed by atoms with Crippen LogP contribution in [0, 0.1) is 10.1 Å². The van der Waals surface area contributed by atoms with Crippen molar-refractivity contribution in [1.82, 2.24) is 0 Å². The molecule has 0 N–H and O–H groups in total. The quantitative estimate of drug-likeness (QED) is 0.263. The second kappa shape index (κ2) is 5.83. The van der Waals surface area contributed by atoms with Crippen molar-refractivity contribution in [2.75, 3.05) is 7.05 Å². The molecule has 0 fully saturated rings. The maximum absolute atomic E-state index is 10.7. The number of likely N-dealkylation sites (N-methyl/N-ethyl adjacent to an activating group) is 1. The Labute approximate surface area is 119 Å². The molecular formula is C12H15BF4N2O2. The second-order valence-electron chi connectivity index (χ2n) is 5.36. The van der Waals surface area contributed by atoms with Gasteiger partial charge in [0, 0.05) is 38.0 Å². The van der Waals surface area contributed by atoms with E-state index in [-0.39, 0.29) is 16.1 Å². The summed E-state index contributed by atoms with van der Waals surface area (Å²) >= 11 is 0. The van der Waals surface area contributed by atoms with E-state index < -0.39 is 7.25 Å². The lowest BCUT2D eigenvalue weighted by molar-refractivity contribution is -0.572. The van der Waals surface area contributed by atoms with Gasteiger partial charge in [-0.05, 0) is 5.56 Å². The number of nitro benzene ring substituents is 1. The van der Waals surface area contributed by atoms with Crippen molar-refractivity contribution in [2.45, 2.75) is 25.8 Å². The fourth-order valence-electron chi connectivity index (χ4n) is 1.95. The standard InChI is InChI=1S/C12H15N2O2.BF4/c1-12(2)7-9-4-5-11(14(15)16)6-10(9)8-13(12)3;2-1(3,4)5/h4-6,8H,7H2,1-3H3;/q+1;-1. The van der Waals surface area contributed by atoms with Gasteiger partial charge in [0.15, 0.2) is 11.8 Å². The van der Waals surface area contributed by atoms with Crippen LogP contribution < -0.4 is 0 Å². The molecule has 0 radical (unpaired) electrons. The molecule has 0 bridgehead atoms. The number of hydrogen-bond acceptors (Lipinski definition) is 2. The number of hydrogen-bond donors (Lipinski definition) is 0. The largest absolute Gasteiger partial charge is 0.673 e. The summed E-state index contributed by atoms with van der Waals surface area (Å²) in [5.41, 5.74) is 2.36. The molecule has 1 aromatic rings. The van der Waals surface area contributed by atoms with Crippen molar-refractivity contribution in [1.29, 1.82) is 0 Å². The summed E-state index contributed by atoms with van der Waals surface area (Å²) in [6.45, 7) is 4.32. The zero-order chi connectivity index (χ0) is 16.4. The average molecular weight is 306 g/mol. The van der Waals surface area contributed by atoms with Gasteiger partial charge in [-0.25, -0.2) is 4.58 Å². The molecule has 0 atom stereocenters. The highest BCUT2D eigenvalue weighted by molar-refractivity contribution is 6.50. The number of benzene rings is 1. The fourth-order valence-corrected chi connectivity index (χ4v) is 1.95. The molecule has 0 saturated carbocycles. The van der Waals surface area contributed by atoms with Crippen molar-refractivity contribution >= 4 is 19.2 Å². The van der Waals surface area contributed by atoms with E-state index in [0.29, 0.717) is 0 Å². The zero-order valence-corrected chi connectivity index (χ0v) is 11.8. The Morgan fingerprint density at radius 1 is 1.29 bits per heavy atom. The lowest BCUT2D eigenvalue weighted by atomic mass is 9.88. The molecule has 2 rings (SSSR count). The van der Waals surface area contributed by atoms with E-state index in [1.54, 1.807) is 12.1 Å². The number of non-ortho nitro benzene ring substituents is 1. The van der Waals surface area contributed by atoms with E-state index in [0.717, 1.165) is 12.0 Å². The Balaban J connectivity index is 0.000000383. The molecule has 9 heteroatoms. The van der Waals surface area contributed by atoms with Crippen LogP contribution in [0.15, 0.2) is 18.2 Å². The molecule has 0 saturated heterocycles. The highest BCUT2D eigenvalue weighted by Gasteiger charge is 2.33. The molecule has 1 aliphatic rings. The zero-order valence-electron chi connectivity index (χ0n) is 11.8. The maximum atomic E-state index is 10.7. The van der Waals surface area contributed by atoms with Gasteiger partial charge in [-0.2, -0.15) is 0 Å². The molecule has 116 valence electrons. The predicted octanol–water partition coefficient (Wildman–Crippen LogP) is 3.29. The first-order valence-corrected chi connectivity index (χ1v) is 6.12. The van der Waals surface area contributed by atoms with Gasteiger partial charge in [-0.3, -0.25) is 10.1 Å². The maximum Gasteiger partial charge on any atom is 0.673 e. The lowest BCUT2D eigenvalue weighted by Gasteiger charge is -2.25. The first-order chi connectivity index (χ1) is 9.40. The summed E-state index contributed by atoms with van der Waals surface area (Å²) in [7, 11) is -4.00. The summed E-state index contributed by atoms with van der Waals surface area (Å²) in [6.07, 6.45) is 2.89. The minimum Gasteiger partial charge on any atom is -0.418 e. The summed E-state index contributed by atoms with van der Waals surface area (Å²) in [4.78, 5) is 10.3. The van der Waals surface area contributed by atoms with E-state index in [1.165, 1.54) is 5.56 Å². The molecule has 1 heterocycles. The SMILES string of the molecule is C[N+]1=Cc2cc([N+](=O)[O-])ccc2CC1(C)C.F[B-](F)(F)F. The molecular weight excluding hydrogens is 291 g/mol. The first kappa shape index (κ1) is 17.1. The van der Waals surface area contributed by atoms with Gasteiger partial charge in [0.25, 0.3) is 5.69 Å². The van der Waals surface area contributed by atoms with Gasteiger partial charge in [0.2, 0.25) is 0 Å². The molecule has 1 aliphatic heterocycles. The topological polar surface area (TPSA) is 46.1 Å². The Morgan fingerprint density at radius 2 is 1.81 bits per heavy atom. The minimum absolute atomic E-state index is 0.0726. The smallest absolute Gasteiger partial charge is 0.418 e.